The number of rotatable bonds is 0. The molecule has 0 aromatic carbocycles. The monoisotopic (exact) mass is 200 g/mol. The molecule has 0 atom stereocenters. The van der Waals surface area contributed by atoms with E-state index in [1.165, 1.54) is 0 Å². The first-order valence-corrected chi connectivity index (χ1v) is 4.38. The summed E-state index contributed by atoms with van der Waals surface area (Å²) < 4.78 is 0. The molecule has 2 radical (unpaired) electrons. The Hall–Kier alpha value is -0.692. The summed E-state index contributed by atoms with van der Waals surface area (Å²) in [5.74, 6) is 0. The van der Waals surface area contributed by atoms with Gasteiger partial charge in [0.15, 0.2) is 0 Å². The molecule has 1 heterocycles. The van der Waals surface area contributed by atoms with Crippen LogP contribution in [0, 0.1) is 10.5 Å². The SMILES string of the molecule is C[As].N=O.c1ccncc1. The molecule has 0 saturated heterocycles. The van der Waals surface area contributed by atoms with Crippen molar-refractivity contribution in [3.05, 3.63) is 35.5 Å². The van der Waals surface area contributed by atoms with E-state index in [-0.39, 0.29) is 0 Å². The van der Waals surface area contributed by atoms with Gasteiger partial charge >= 0.3 is 22.6 Å². The van der Waals surface area contributed by atoms with Crippen molar-refractivity contribution in [2.75, 3.05) is 0 Å². The van der Waals surface area contributed by atoms with E-state index >= 15 is 0 Å². The molecular weight excluding hydrogens is 191 g/mol. The van der Waals surface area contributed by atoms with Crippen molar-refractivity contribution in [3.63, 3.8) is 0 Å². The zero-order valence-electron chi connectivity index (χ0n) is 5.69. The Balaban J connectivity index is 0. The molecule has 0 aliphatic rings. The Kier molecular flexibility index (Phi) is 18.9. The van der Waals surface area contributed by atoms with E-state index in [4.69, 9.17) is 4.91 Å². The van der Waals surface area contributed by atoms with Crippen molar-refractivity contribution in [2.24, 2.45) is 0 Å². The Morgan fingerprint density at radius 3 is 1.60 bits per heavy atom. The molecule has 1 N–H and O–H groups in total. The van der Waals surface area contributed by atoms with Crippen molar-refractivity contribution < 1.29 is 0 Å². The minimum absolute atomic E-state index is 1.75. The molecule has 0 aliphatic carbocycles. The summed E-state index contributed by atoms with van der Waals surface area (Å²) in [6, 6.07) is 5.72. The summed E-state index contributed by atoms with van der Waals surface area (Å²) in [6.45, 7) is 0. The summed E-state index contributed by atoms with van der Waals surface area (Å²) >= 11 is 2.31. The first-order chi connectivity index (χ1) is 5.00. The maximum absolute atomic E-state index is 7.50. The molecule has 0 spiro atoms. The fourth-order valence-electron chi connectivity index (χ4n) is 0.313. The summed E-state index contributed by atoms with van der Waals surface area (Å²) in [7, 11) is 0. The predicted molar refractivity (Wildman–Crippen MR) is 41.9 cm³/mol. The summed E-state index contributed by atoms with van der Waals surface area (Å²) in [5.41, 5.74) is 6.44. The molecule has 0 amide bonds. The van der Waals surface area contributed by atoms with Crippen molar-refractivity contribution >= 4 is 16.9 Å². The van der Waals surface area contributed by atoms with E-state index < -0.39 is 0 Å². The van der Waals surface area contributed by atoms with Gasteiger partial charge in [0, 0.05) is 12.4 Å². The van der Waals surface area contributed by atoms with Crippen molar-refractivity contribution in [2.45, 2.75) is 5.71 Å². The number of nitroso groups, excluding NO2 is 1. The van der Waals surface area contributed by atoms with Crippen LogP contribution in [0.15, 0.2) is 30.6 Å². The van der Waals surface area contributed by atoms with Crippen LogP contribution in [0.4, 0.5) is 0 Å². The average Bonchev–Trinajstić information content (AvgIpc) is 2.14. The summed E-state index contributed by atoms with van der Waals surface area (Å²) in [4.78, 5) is 11.3. The van der Waals surface area contributed by atoms with Gasteiger partial charge in [-0.2, -0.15) is 4.91 Å². The second-order valence-corrected chi connectivity index (χ2v) is 1.02. The van der Waals surface area contributed by atoms with E-state index in [1.807, 2.05) is 23.9 Å². The number of aromatic nitrogens is 1. The van der Waals surface area contributed by atoms with E-state index in [2.05, 4.69) is 27.4 Å². The van der Waals surface area contributed by atoms with Gasteiger partial charge in [-0.3, -0.25) is 4.98 Å². The molecule has 1 aromatic heterocycles. The molecule has 0 aliphatic heterocycles. The van der Waals surface area contributed by atoms with Crippen LogP contribution in [0.5, 0.6) is 0 Å². The second kappa shape index (κ2) is 15.7. The molecule has 54 valence electrons. The van der Waals surface area contributed by atoms with Gasteiger partial charge in [0.1, 0.15) is 0 Å². The average molecular weight is 200 g/mol. The third-order valence-electron chi connectivity index (χ3n) is 0.566. The van der Waals surface area contributed by atoms with Crippen molar-refractivity contribution in [1.82, 2.24) is 4.98 Å². The Morgan fingerprint density at radius 1 is 1.10 bits per heavy atom. The molecule has 3 nitrogen and oxygen atoms in total. The van der Waals surface area contributed by atoms with Crippen LogP contribution in [0.2, 0.25) is 5.71 Å². The fraction of sp³-hybridized carbons (Fsp3) is 0.167. The van der Waals surface area contributed by atoms with Crippen LogP contribution >= 0.6 is 0 Å². The first-order valence-electron chi connectivity index (χ1n) is 2.50. The maximum Gasteiger partial charge on any atom is 0.0267 e. The Bertz CT molecular complexity index is 98.6. The Morgan fingerprint density at radius 2 is 1.50 bits per heavy atom. The zero-order valence-corrected chi connectivity index (χ0v) is 7.57. The van der Waals surface area contributed by atoms with Crippen LogP contribution in [0.25, 0.3) is 0 Å². The quantitative estimate of drug-likeness (QED) is 0.511. The van der Waals surface area contributed by atoms with Crippen molar-refractivity contribution in [3.8, 4) is 0 Å². The van der Waals surface area contributed by atoms with Gasteiger partial charge in [-0.1, -0.05) is 11.7 Å². The van der Waals surface area contributed by atoms with Gasteiger partial charge < -0.3 is 0 Å². The molecule has 1 rings (SSSR count). The first kappa shape index (κ1) is 12.0. The molecule has 0 fully saturated rings. The molecule has 4 heteroatoms. The molecule has 0 unspecified atom stereocenters. The van der Waals surface area contributed by atoms with Gasteiger partial charge in [-0.05, 0) is 12.1 Å². The molecule has 0 saturated carbocycles. The third kappa shape index (κ3) is 10.3. The van der Waals surface area contributed by atoms with E-state index in [0.29, 0.717) is 0 Å². The largest absolute Gasteiger partial charge is 0.265 e. The smallest absolute Gasteiger partial charge is 0.0267 e. The minimum Gasteiger partial charge on any atom is -0.265 e. The molecule has 0 bridgehead atoms. The normalized spacial score (nSPS) is 5.80. The molecular formula is C6H9AsN2O. The summed E-state index contributed by atoms with van der Waals surface area (Å²) in [6.07, 6.45) is 3.50. The Labute approximate surface area is 69.1 Å². The second-order valence-electron chi connectivity index (χ2n) is 1.02. The topological polar surface area (TPSA) is 53.8 Å². The number of hydrogen-bond acceptors (Lipinski definition) is 3. The molecule has 10 heavy (non-hydrogen) atoms. The van der Waals surface area contributed by atoms with Crippen LogP contribution in [-0.4, -0.2) is 21.8 Å². The van der Waals surface area contributed by atoms with E-state index in [9.17, 15) is 0 Å². The standard InChI is InChI=1S/C5H5N.CH3As.HNO/c1-2-4-6-5-3-1;2*1-2/h1-5H;1H3;1H. The van der Waals surface area contributed by atoms with Crippen LogP contribution in [-0.2, 0) is 0 Å². The third-order valence-corrected chi connectivity index (χ3v) is 0.566. The number of nitrogens with one attached hydrogen (secondary N) is 1. The van der Waals surface area contributed by atoms with Crippen LogP contribution in [0.1, 0.15) is 0 Å². The van der Waals surface area contributed by atoms with Gasteiger partial charge in [0.2, 0.25) is 0 Å². The molecule has 1 aromatic rings. The van der Waals surface area contributed by atoms with Crippen LogP contribution < -0.4 is 0 Å². The summed E-state index contributed by atoms with van der Waals surface area (Å²) in [5, 5.41) is 0. The van der Waals surface area contributed by atoms with Gasteiger partial charge in [0.05, 0.1) is 0 Å². The van der Waals surface area contributed by atoms with Gasteiger partial charge in [-0.15, -0.1) is 0 Å². The van der Waals surface area contributed by atoms with E-state index in [0.717, 1.165) is 0 Å². The zero-order chi connectivity index (χ0) is 8.24. The van der Waals surface area contributed by atoms with Gasteiger partial charge in [-0.25, -0.2) is 0 Å². The number of nitrogens with zero attached hydrogens (tertiary/aromatic N) is 1. The fourth-order valence-corrected chi connectivity index (χ4v) is 0.313. The van der Waals surface area contributed by atoms with Crippen LogP contribution in [0.3, 0.4) is 0 Å². The number of hydrogen-bond donors (Lipinski definition) is 1. The number of pyridine rings is 1. The predicted octanol–water partition coefficient (Wildman–Crippen LogP) is 1.62. The van der Waals surface area contributed by atoms with Crippen molar-refractivity contribution in [1.29, 1.82) is 5.59 Å². The van der Waals surface area contributed by atoms with E-state index in [1.54, 1.807) is 12.4 Å². The van der Waals surface area contributed by atoms with Gasteiger partial charge in [0.25, 0.3) is 0 Å². The minimum atomic E-state index is 1.75. The maximum atomic E-state index is 7.50.